The first-order valence-electron chi connectivity index (χ1n) is 13.0. The molecule has 39 heavy (non-hydrogen) atoms. The number of benzene rings is 1. The van der Waals surface area contributed by atoms with Gasteiger partial charge in [0, 0.05) is 17.1 Å². The average molecular weight is 555 g/mol. The Kier molecular flexibility index (Phi) is 8.51. The molecule has 1 unspecified atom stereocenters. The van der Waals surface area contributed by atoms with Gasteiger partial charge in [-0.25, -0.2) is 9.29 Å². The number of fused-ring (bicyclic) bond motifs is 1. The molecule has 0 aliphatic carbocycles. The number of aryl methyl sites for hydroxylation is 2. The minimum atomic E-state index is -4.54. The van der Waals surface area contributed by atoms with Crippen LogP contribution >= 0.6 is 0 Å². The van der Waals surface area contributed by atoms with E-state index in [9.17, 15) is 22.8 Å². The van der Waals surface area contributed by atoms with E-state index in [0.717, 1.165) is 5.39 Å². The van der Waals surface area contributed by atoms with Crippen LogP contribution in [0.15, 0.2) is 52.0 Å². The molecule has 10 nitrogen and oxygen atoms in total. The molecule has 11 heteroatoms. The SMILES string of the molecule is Cc1cccnc1S(=O)(=O)N(C(=O)C(CC(C)C)NC(=O)c1oc2ccccc2c1C)[C@H]1CCCNCC1=O. The number of ketones is 1. The Hall–Kier alpha value is -3.57. The number of pyridine rings is 1. The summed E-state index contributed by atoms with van der Waals surface area (Å²) >= 11 is 0. The third kappa shape index (κ3) is 5.89. The van der Waals surface area contributed by atoms with Crippen molar-refractivity contribution in [1.29, 1.82) is 0 Å². The normalized spacial score (nSPS) is 17.2. The second-order valence-electron chi connectivity index (χ2n) is 10.3. The van der Waals surface area contributed by atoms with Crippen LogP contribution in [0, 0.1) is 19.8 Å². The Bertz CT molecular complexity index is 1500. The molecule has 0 radical (unpaired) electrons. The number of hydrogen-bond donors (Lipinski definition) is 2. The summed E-state index contributed by atoms with van der Waals surface area (Å²) in [4.78, 5) is 44.8. The van der Waals surface area contributed by atoms with E-state index in [-0.39, 0.29) is 36.1 Å². The minimum absolute atomic E-state index is 0.0440. The van der Waals surface area contributed by atoms with Gasteiger partial charge in [0.1, 0.15) is 17.7 Å². The maximum Gasteiger partial charge on any atom is 0.287 e. The first kappa shape index (κ1) is 28.4. The Morgan fingerprint density at radius 3 is 2.62 bits per heavy atom. The molecule has 208 valence electrons. The van der Waals surface area contributed by atoms with Crippen LogP contribution in [-0.2, 0) is 19.6 Å². The molecular weight excluding hydrogens is 520 g/mol. The maximum atomic E-state index is 14.2. The Balaban J connectivity index is 1.76. The fraction of sp³-hybridized carbons (Fsp3) is 0.429. The predicted molar refractivity (Wildman–Crippen MR) is 146 cm³/mol. The summed E-state index contributed by atoms with van der Waals surface area (Å²) in [7, 11) is -4.54. The lowest BCUT2D eigenvalue weighted by molar-refractivity contribution is -0.135. The van der Waals surface area contributed by atoms with Crippen LogP contribution in [0.4, 0.5) is 0 Å². The van der Waals surface area contributed by atoms with Gasteiger partial charge in [0.05, 0.1) is 6.54 Å². The van der Waals surface area contributed by atoms with E-state index in [2.05, 4.69) is 15.6 Å². The summed E-state index contributed by atoms with van der Waals surface area (Å²) in [6.45, 7) is 7.51. The monoisotopic (exact) mass is 554 g/mol. The van der Waals surface area contributed by atoms with Crippen LogP contribution in [0.5, 0.6) is 0 Å². The third-order valence-corrected chi connectivity index (χ3v) is 8.70. The number of sulfonamides is 1. The Morgan fingerprint density at radius 2 is 1.92 bits per heavy atom. The maximum absolute atomic E-state index is 14.2. The number of nitrogens with zero attached hydrogens (tertiary/aromatic N) is 2. The molecule has 3 heterocycles. The van der Waals surface area contributed by atoms with E-state index in [1.54, 1.807) is 38.1 Å². The van der Waals surface area contributed by atoms with E-state index in [1.807, 2.05) is 26.0 Å². The number of nitrogens with one attached hydrogen (secondary N) is 2. The number of furan rings is 1. The summed E-state index contributed by atoms with van der Waals surface area (Å²) in [5.74, 6) is -1.97. The highest BCUT2D eigenvalue weighted by atomic mass is 32.2. The largest absolute Gasteiger partial charge is 0.451 e. The fourth-order valence-corrected chi connectivity index (χ4v) is 6.67. The molecule has 2 atom stereocenters. The molecule has 3 aromatic rings. The molecule has 1 aromatic carbocycles. The second-order valence-corrected chi connectivity index (χ2v) is 12.0. The van der Waals surface area contributed by atoms with Crippen molar-refractivity contribution in [3.05, 3.63) is 59.5 Å². The van der Waals surface area contributed by atoms with Gasteiger partial charge in [-0.05, 0) is 63.3 Å². The van der Waals surface area contributed by atoms with Gasteiger partial charge in [-0.1, -0.05) is 38.1 Å². The highest BCUT2D eigenvalue weighted by molar-refractivity contribution is 7.89. The molecule has 1 saturated heterocycles. The van der Waals surface area contributed by atoms with Crippen molar-refractivity contribution in [1.82, 2.24) is 19.9 Å². The molecule has 1 fully saturated rings. The van der Waals surface area contributed by atoms with Crippen LogP contribution in [0.1, 0.15) is 54.8 Å². The van der Waals surface area contributed by atoms with Crippen molar-refractivity contribution in [3.8, 4) is 0 Å². The number of rotatable bonds is 8. The number of aromatic nitrogens is 1. The van der Waals surface area contributed by atoms with Crippen LogP contribution in [0.3, 0.4) is 0 Å². The van der Waals surface area contributed by atoms with Gasteiger partial charge < -0.3 is 15.1 Å². The zero-order valence-electron chi connectivity index (χ0n) is 22.6. The number of carbonyl (C=O) groups is 3. The summed E-state index contributed by atoms with van der Waals surface area (Å²) in [6, 6.07) is 7.92. The molecule has 2 N–H and O–H groups in total. The van der Waals surface area contributed by atoms with Gasteiger partial charge in [0.2, 0.25) is 0 Å². The van der Waals surface area contributed by atoms with Gasteiger partial charge >= 0.3 is 0 Å². The number of para-hydroxylation sites is 1. The van der Waals surface area contributed by atoms with Gasteiger partial charge in [-0.15, -0.1) is 0 Å². The first-order chi connectivity index (χ1) is 18.5. The van der Waals surface area contributed by atoms with Crippen molar-refractivity contribution in [2.45, 2.75) is 64.1 Å². The van der Waals surface area contributed by atoms with Gasteiger partial charge in [0.25, 0.3) is 21.8 Å². The molecule has 4 rings (SSSR count). The number of hydrogen-bond acceptors (Lipinski definition) is 8. The molecule has 1 aliphatic heterocycles. The summed E-state index contributed by atoms with van der Waals surface area (Å²) < 4.78 is 34.5. The third-order valence-electron chi connectivity index (χ3n) is 6.83. The highest BCUT2D eigenvalue weighted by Gasteiger charge is 2.44. The molecular formula is C28H34N4O6S. The lowest BCUT2D eigenvalue weighted by atomic mass is 10.0. The zero-order chi connectivity index (χ0) is 28.3. The molecule has 1 aliphatic rings. The van der Waals surface area contributed by atoms with Gasteiger partial charge in [-0.3, -0.25) is 14.4 Å². The average Bonchev–Trinajstić information content (AvgIpc) is 3.09. The molecule has 2 aromatic heterocycles. The zero-order valence-corrected chi connectivity index (χ0v) is 23.4. The summed E-state index contributed by atoms with van der Waals surface area (Å²) in [5, 5.41) is 6.16. The predicted octanol–water partition coefficient (Wildman–Crippen LogP) is 3.13. The lowest BCUT2D eigenvalue weighted by Gasteiger charge is -2.33. The molecule has 0 saturated carbocycles. The van der Waals surface area contributed by atoms with E-state index in [0.29, 0.717) is 34.0 Å². The quantitative estimate of drug-likeness (QED) is 0.433. The number of Topliss-reactive ketones (excluding diaryl/α,β-unsaturated/α-hetero) is 1. The van der Waals surface area contributed by atoms with Crippen molar-refractivity contribution in [3.63, 3.8) is 0 Å². The van der Waals surface area contributed by atoms with Crippen LogP contribution in [-0.4, -0.2) is 60.5 Å². The van der Waals surface area contributed by atoms with Crippen LogP contribution in [0.2, 0.25) is 0 Å². The van der Waals surface area contributed by atoms with E-state index in [1.165, 1.54) is 6.20 Å². The molecule has 0 spiro atoms. The van der Waals surface area contributed by atoms with Crippen molar-refractivity contribution in [2.75, 3.05) is 13.1 Å². The first-order valence-corrected chi connectivity index (χ1v) is 14.5. The lowest BCUT2D eigenvalue weighted by Crippen LogP contribution is -2.57. The number of amides is 2. The highest BCUT2D eigenvalue weighted by Crippen LogP contribution is 2.27. The Labute approximate surface area is 228 Å². The van der Waals surface area contributed by atoms with Crippen molar-refractivity contribution in [2.24, 2.45) is 5.92 Å². The van der Waals surface area contributed by atoms with Gasteiger partial charge in [-0.2, -0.15) is 8.42 Å². The standard InChI is InChI=1S/C28H34N4O6S/c1-17(2)15-21(31-26(34)25-19(4)20-10-5-6-12-24(20)38-25)28(35)32(22-11-8-13-29-16-23(22)33)39(36,37)27-18(3)9-7-14-30-27/h5-7,9-10,12,14,17,21-22,29H,8,11,13,15-16H2,1-4H3,(H,31,34)/t21?,22-/m0/s1. The van der Waals surface area contributed by atoms with Crippen LogP contribution < -0.4 is 10.6 Å². The van der Waals surface area contributed by atoms with E-state index >= 15 is 0 Å². The molecule has 2 amide bonds. The fourth-order valence-electron chi connectivity index (χ4n) is 4.89. The number of carbonyl (C=O) groups excluding carboxylic acids is 3. The van der Waals surface area contributed by atoms with Crippen LogP contribution in [0.25, 0.3) is 11.0 Å². The summed E-state index contributed by atoms with van der Waals surface area (Å²) in [5.41, 5.74) is 1.48. The topological polar surface area (TPSA) is 139 Å². The molecule has 0 bridgehead atoms. The van der Waals surface area contributed by atoms with Crippen molar-refractivity contribution < 1.29 is 27.2 Å². The Morgan fingerprint density at radius 1 is 1.18 bits per heavy atom. The second kappa shape index (κ2) is 11.7. The minimum Gasteiger partial charge on any atom is -0.451 e. The summed E-state index contributed by atoms with van der Waals surface area (Å²) in [6.07, 6.45) is 2.14. The smallest absolute Gasteiger partial charge is 0.287 e. The van der Waals surface area contributed by atoms with E-state index < -0.39 is 39.7 Å². The van der Waals surface area contributed by atoms with E-state index in [4.69, 9.17) is 4.42 Å². The van der Waals surface area contributed by atoms with Crippen molar-refractivity contribution >= 4 is 38.6 Å². The van der Waals surface area contributed by atoms with Gasteiger partial charge in [0.15, 0.2) is 16.6 Å².